The van der Waals surface area contributed by atoms with E-state index in [4.69, 9.17) is 0 Å². The maximum atomic E-state index is 12.5. The van der Waals surface area contributed by atoms with Crippen molar-refractivity contribution in [1.29, 1.82) is 0 Å². The molecule has 1 aromatic heterocycles. The standard InChI is InChI=1S/C26H27N5O2/c32-25(31-15-13-30(14-16-31)24-7-3-4-11-27-24)10-12-28-26(33)29-21-8-9-23-20(18-21)17-19-5-1-2-6-22(19)23/h1-9,11,18H,10,12-17H2,(H2,28,29,33). The number of fused-ring (bicyclic) bond motifs is 3. The Hall–Kier alpha value is -3.87. The third kappa shape index (κ3) is 4.67. The summed E-state index contributed by atoms with van der Waals surface area (Å²) in [6.45, 7) is 3.16. The fourth-order valence-electron chi connectivity index (χ4n) is 4.57. The molecule has 2 aromatic carbocycles. The van der Waals surface area contributed by atoms with Gasteiger partial charge in [0, 0.05) is 51.0 Å². The molecule has 0 atom stereocenters. The van der Waals surface area contributed by atoms with E-state index < -0.39 is 0 Å². The van der Waals surface area contributed by atoms with Crippen molar-refractivity contribution in [3.05, 3.63) is 78.0 Å². The van der Waals surface area contributed by atoms with Crippen molar-refractivity contribution >= 4 is 23.4 Å². The Labute approximate surface area is 193 Å². The Morgan fingerprint density at radius 1 is 0.879 bits per heavy atom. The van der Waals surface area contributed by atoms with Gasteiger partial charge in [-0.15, -0.1) is 0 Å². The largest absolute Gasteiger partial charge is 0.353 e. The van der Waals surface area contributed by atoms with Gasteiger partial charge < -0.3 is 20.4 Å². The van der Waals surface area contributed by atoms with E-state index in [2.05, 4.69) is 50.8 Å². The second-order valence-electron chi connectivity index (χ2n) is 8.39. The van der Waals surface area contributed by atoms with Crippen LogP contribution in [-0.4, -0.2) is 54.5 Å². The van der Waals surface area contributed by atoms with Crippen LogP contribution in [0.3, 0.4) is 0 Å². The number of urea groups is 1. The van der Waals surface area contributed by atoms with Crippen molar-refractivity contribution < 1.29 is 9.59 Å². The molecule has 2 aliphatic rings. The van der Waals surface area contributed by atoms with Crippen LogP contribution < -0.4 is 15.5 Å². The van der Waals surface area contributed by atoms with E-state index in [-0.39, 0.29) is 18.4 Å². The minimum absolute atomic E-state index is 0.0614. The van der Waals surface area contributed by atoms with Gasteiger partial charge >= 0.3 is 6.03 Å². The molecule has 1 saturated heterocycles. The van der Waals surface area contributed by atoms with Gasteiger partial charge in [0.2, 0.25) is 5.91 Å². The lowest BCUT2D eigenvalue weighted by molar-refractivity contribution is -0.131. The maximum Gasteiger partial charge on any atom is 0.319 e. The first-order chi connectivity index (χ1) is 16.2. The van der Waals surface area contributed by atoms with Gasteiger partial charge in [-0.25, -0.2) is 9.78 Å². The van der Waals surface area contributed by atoms with Crippen molar-refractivity contribution in [3.63, 3.8) is 0 Å². The fraction of sp³-hybridized carbons (Fsp3) is 0.269. The molecule has 168 valence electrons. The molecule has 3 aromatic rings. The number of nitrogens with zero attached hydrogens (tertiary/aromatic N) is 3. The molecule has 3 amide bonds. The first-order valence-corrected chi connectivity index (χ1v) is 11.4. The molecule has 0 saturated carbocycles. The molecule has 5 rings (SSSR count). The Morgan fingerprint density at radius 2 is 1.67 bits per heavy atom. The summed E-state index contributed by atoms with van der Waals surface area (Å²) in [5, 5.41) is 5.69. The Morgan fingerprint density at radius 3 is 2.48 bits per heavy atom. The Bertz CT molecular complexity index is 1160. The fourth-order valence-corrected chi connectivity index (χ4v) is 4.57. The molecule has 7 nitrogen and oxygen atoms in total. The van der Waals surface area contributed by atoms with E-state index in [1.54, 1.807) is 6.20 Å². The van der Waals surface area contributed by atoms with Gasteiger partial charge in [0.15, 0.2) is 0 Å². The molecule has 2 heterocycles. The van der Waals surface area contributed by atoms with Crippen LogP contribution in [0.2, 0.25) is 0 Å². The predicted octanol–water partition coefficient (Wildman–Crippen LogP) is 3.51. The highest BCUT2D eigenvalue weighted by atomic mass is 16.2. The number of amides is 3. The molecule has 0 bridgehead atoms. The number of hydrogen-bond donors (Lipinski definition) is 2. The highest BCUT2D eigenvalue weighted by molar-refractivity contribution is 5.91. The molecule has 0 radical (unpaired) electrons. The third-order valence-electron chi connectivity index (χ3n) is 6.28. The van der Waals surface area contributed by atoms with Crippen molar-refractivity contribution in [2.45, 2.75) is 12.8 Å². The van der Waals surface area contributed by atoms with Gasteiger partial charge in [-0.3, -0.25) is 4.79 Å². The van der Waals surface area contributed by atoms with E-state index in [1.807, 2.05) is 35.2 Å². The number of benzene rings is 2. The summed E-state index contributed by atoms with van der Waals surface area (Å²) < 4.78 is 0. The van der Waals surface area contributed by atoms with E-state index in [9.17, 15) is 9.59 Å². The number of piperazine rings is 1. The molecule has 0 spiro atoms. The molecule has 0 unspecified atom stereocenters. The first-order valence-electron chi connectivity index (χ1n) is 11.4. The highest BCUT2D eigenvalue weighted by Gasteiger charge is 2.22. The quantitative estimate of drug-likeness (QED) is 0.497. The van der Waals surface area contributed by atoms with Gasteiger partial charge in [0.25, 0.3) is 0 Å². The molecule has 1 aliphatic carbocycles. The summed E-state index contributed by atoms with van der Waals surface area (Å²) in [5.41, 5.74) is 5.78. The average molecular weight is 442 g/mol. The summed E-state index contributed by atoms with van der Waals surface area (Å²) >= 11 is 0. The van der Waals surface area contributed by atoms with Crippen LogP contribution in [-0.2, 0) is 11.2 Å². The van der Waals surface area contributed by atoms with Crippen LogP contribution in [0.15, 0.2) is 66.9 Å². The number of hydrogen-bond acceptors (Lipinski definition) is 4. The lowest BCUT2D eigenvalue weighted by Gasteiger charge is -2.35. The van der Waals surface area contributed by atoms with Crippen molar-refractivity contribution in [2.24, 2.45) is 0 Å². The maximum absolute atomic E-state index is 12.5. The SMILES string of the molecule is O=C(NCCC(=O)N1CCN(c2ccccn2)CC1)Nc1ccc2c(c1)Cc1ccccc1-2. The van der Waals surface area contributed by atoms with Crippen LogP contribution in [0.1, 0.15) is 17.5 Å². The van der Waals surface area contributed by atoms with Crippen molar-refractivity contribution in [2.75, 3.05) is 42.9 Å². The van der Waals surface area contributed by atoms with Crippen LogP contribution in [0, 0.1) is 0 Å². The number of carbonyl (C=O) groups excluding carboxylic acids is 2. The Balaban J connectivity index is 1.06. The van der Waals surface area contributed by atoms with Gasteiger partial charge in [0.05, 0.1) is 0 Å². The van der Waals surface area contributed by atoms with E-state index >= 15 is 0 Å². The van der Waals surface area contributed by atoms with Gasteiger partial charge in [-0.2, -0.15) is 0 Å². The number of pyridine rings is 1. The molecular formula is C26H27N5O2. The topological polar surface area (TPSA) is 77.6 Å². The van der Waals surface area contributed by atoms with Gasteiger partial charge in [-0.05, 0) is 52.9 Å². The number of carbonyl (C=O) groups is 2. The average Bonchev–Trinajstić information content (AvgIpc) is 3.22. The van der Waals surface area contributed by atoms with Crippen LogP contribution in [0.25, 0.3) is 11.1 Å². The number of nitrogens with one attached hydrogen (secondary N) is 2. The third-order valence-corrected chi connectivity index (χ3v) is 6.28. The summed E-state index contributed by atoms with van der Waals surface area (Å²) in [4.78, 5) is 33.3. The van der Waals surface area contributed by atoms with Gasteiger partial charge in [0.1, 0.15) is 5.82 Å². The van der Waals surface area contributed by atoms with E-state index in [1.165, 1.54) is 22.3 Å². The van der Waals surface area contributed by atoms with Crippen molar-refractivity contribution in [3.8, 4) is 11.1 Å². The minimum atomic E-state index is -0.293. The van der Waals surface area contributed by atoms with E-state index in [0.29, 0.717) is 19.6 Å². The molecule has 1 fully saturated rings. The zero-order valence-electron chi connectivity index (χ0n) is 18.5. The molecule has 7 heteroatoms. The lowest BCUT2D eigenvalue weighted by Crippen LogP contribution is -2.49. The zero-order valence-corrected chi connectivity index (χ0v) is 18.5. The minimum Gasteiger partial charge on any atom is -0.353 e. The molecular weight excluding hydrogens is 414 g/mol. The molecule has 33 heavy (non-hydrogen) atoms. The van der Waals surface area contributed by atoms with Crippen molar-refractivity contribution in [1.82, 2.24) is 15.2 Å². The number of anilines is 2. The molecule has 1 aliphatic heterocycles. The summed E-state index contributed by atoms with van der Waals surface area (Å²) in [5.74, 6) is 1.00. The summed E-state index contributed by atoms with van der Waals surface area (Å²) in [6.07, 6.45) is 2.95. The van der Waals surface area contributed by atoms with Crippen LogP contribution in [0.5, 0.6) is 0 Å². The van der Waals surface area contributed by atoms with Crippen LogP contribution >= 0.6 is 0 Å². The second-order valence-corrected chi connectivity index (χ2v) is 8.39. The normalized spacial score (nSPS) is 14.4. The van der Waals surface area contributed by atoms with Crippen LogP contribution in [0.4, 0.5) is 16.3 Å². The highest BCUT2D eigenvalue weighted by Crippen LogP contribution is 2.37. The first kappa shape index (κ1) is 21.0. The van der Waals surface area contributed by atoms with Gasteiger partial charge in [-0.1, -0.05) is 36.4 Å². The van der Waals surface area contributed by atoms with E-state index in [0.717, 1.165) is 31.0 Å². The lowest BCUT2D eigenvalue weighted by atomic mass is 10.1. The Kier molecular flexibility index (Phi) is 5.93. The number of rotatable bonds is 5. The second kappa shape index (κ2) is 9.32. The zero-order chi connectivity index (χ0) is 22.6. The summed E-state index contributed by atoms with van der Waals surface area (Å²) in [7, 11) is 0. The monoisotopic (exact) mass is 441 g/mol. The predicted molar refractivity (Wildman–Crippen MR) is 129 cm³/mol. The smallest absolute Gasteiger partial charge is 0.319 e. The molecule has 2 N–H and O–H groups in total. The number of aromatic nitrogens is 1. The summed E-state index contributed by atoms with van der Waals surface area (Å²) in [6, 6.07) is 20.0.